The van der Waals surface area contributed by atoms with Crippen molar-refractivity contribution in [2.24, 2.45) is 5.92 Å². The molecule has 6 rings (SSSR count). The van der Waals surface area contributed by atoms with Gasteiger partial charge in [0.15, 0.2) is 5.65 Å². The normalized spacial score (nSPS) is 26.1. The smallest absolute Gasteiger partial charge is 0.259 e. The maximum Gasteiger partial charge on any atom is 0.259 e. The van der Waals surface area contributed by atoms with Crippen LogP contribution in [0, 0.1) is 29.4 Å². The SMILES string of the molecule is O=C(c1cnn2ccc(N3CC[C@H]4C#C[C@]43c3cc(F)ccc3F)nc12)N1CC[C@H](O)C1. The zero-order valence-electron chi connectivity index (χ0n) is 17.0. The lowest BCUT2D eigenvalue weighted by Crippen LogP contribution is -2.49. The van der Waals surface area contributed by atoms with Crippen LogP contribution in [0.5, 0.6) is 0 Å². The van der Waals surface area contributed by atoms with Crippen LogP contribution in [0.25, 0.3) is 5.65 Å². The monoisotopic (exact) mass is 435 g/mol. The number of aliphatic hydroxyl groups excluding tert-OH is 1. The van der Waals surface area contributed by atoms with Crippen molar-refractivity contribution >= 4 is 17.4 Å². The Balaban J connectivity index is 1.43. The summed E-state index contributed by atoms with van der Waals surface area (Å²) in [4.78, 5) is 21.2. The van der Waals surface area contributed by atoms with Crippen LogP contribution in [0.1, 0.15) is 28.8 Å². The number of β-amino-alcohol motifs (C(OH)–C–C–N with tert-alkyl or cyclic N) is 1. The van der Waals surface area contributed by atoms with Gasteiger partial charge in [0.1, 0.15) is 28.6 Å². The molecule has 2 saturated heterocycles. The number of rotatable bonds is 3. The summed E-state index contributed by atoms with van der Waals surface area (Å²) in [5, 5.41) is 14.0. The molecule has 4 heterocycles. The Morgan fingerprint density at radius 1 is 1.22 bits per heavy atom. The summed E-state index contributed by atoms with van der Waals surface area (Å²) in [6.07, 6.45) is 3.88. The number of fused-ring (bicyclic) bond motifs is 2. The van der Waals surface area contributed by atoms with Gasteiger partial charge in [0.25, 0.3) is 5.91 Å². The van der Waals surface area contributed by atoms with E-state index in [4.69, 9.17) is 4.98 Å². The number of likely N-dealkylation sites (tertiary alicyclic amines) is 1. The molecule has 0 saturated carbocycles. The number of amides is 1. The number of aliphatic hydroxyl groups is 1. The van der Waals surface area contributed by atoms with Crippen molar-refractivity contribution in [1.29, 1.82) is 0 Å². The maximum absolute atomic E-state index is 14.8. The molecule has 3 aromatic rings. The van der Waals surface area contributed by atoms with Crippen LogP contribution in [0.15, 0.2) is 36.7 Å². The molecular weight excluding hydrogens is 416 g/mol. The van der Waals surface area contributed by atoms with Gasteiger partial charge in [-0.25, -0.2) is 18.3 Å². The van der Waals surface area contributed by atoms with E-state index in [9.17, 15) is 18.7 Å². The molecule has 3 aliphatic rings. The second-order valence-corrected chi connectivity index (χ2v) is 8.46. The summed E-state index contributed by atoms with van der Waals surface area (Å²) in [6.45, 7) is 1.31. The lowest BCUT2D eigenvalue weighted by molar-refractivity contribution is 0.0766. The average Bonchev–Trinajstić information content (AvgIpc) is 3.45. The van der Waals surface area contributed by atoms with Crippen molar-refractivity contribution in [3.63, 3.8) is 0 Å². The summed E-state index contributed by atoms with van der Waals surface area (Å²) in [6, 6.07) is 5.18. The minimum Gasteiger partial charge on any atom is -0.391 e. The Morgan fingerprint density at radius 2 is 2.09 bits per heavy atom. The molecule has 162 valence electrons. The summed E-state index contributed by atoms with van der Waals surface area (Å²) >= 11 is 0. The van der Waals surface area contributed by atoms with Crippen LogP contribution >= 0.6 is 0 Å². The highest BCUT2D eigenvalue weighted by molar-refractivity contribution is 6.00. The largest absolute Gasteiger partial charge is 0.391 e. The minimum absolute atomic E-state index is 0.131. The van der Waals surface area contributed by atoms with E-state index < -0.39 is 23.3 Å². The first-order valence-corrected chi connectivity index (χ1v) is 10.5. The van der Waals surface area contributed by atoms with Crippen molar-refractivity contribution in [2.75, 3.05) is 24.5 Å². The topological polar surface area (TPSA) is 74.0 Å². The number of hydrogen-bond acceptors (Lipinski definition) is 5. The van der Waals surface area contributed by atoms with Crippen molar-refractivity contribution in [3.05, 3.63) is 59.4 Å². The first-order chi connectivity index (χ1) is 15.5. The Morgan fingerprint density at radius 3 is 2.84 bits per heavy atom. The van der Waals surface area contributed by atoms with Crippen LogP contribution in [0.4, 0.5) is 14.6 Å². The van der Waals surface area contributed by atoms with Gasteiger partial charge >= 0.3 is 0 Å². The van der Waals surface area contributed by atoms with Crippen LogP contribution in [0.3, 0.4) is 0 Å². The summed E-state index contributed by atoms with van der Waals surface area (Å²) in [7, 11) is 0. The minimum atomic E-state index is -0.985. The molecule has 0 unspecified atom stereocenters. The van der Waals surface area contributed by atoms with Crippen molar-refractivity contribution in [3.8, 4) is 11.8 Å². The molecule has 2 aliphatic heterocycles. The molecule has 9 heteroatoms. The second kappa shape index (κ2) is 6.74. The number of carbonyl (C=O) groups is 1. The molecule has 0 radical (unpaired) electrons. The van der Waals surface area contributed by atoms with Gasteiger partial charge in [-0.2, -0.15) is 5.10 Å². The number of benzene rings is 1. The zero-order valence-corrected chi connectivity index (χ0v) is 17.0. The third-order valence-electron chi connectivity index (χ3n) is 6.66. The molecule has 0 spiro atoms. The highest BCUT2D eigenvalue weighted by atomic mass is 19.1. The Labute approximate surface area is 182 Å². The molecular formula is C23H19F2N5O2. The third-order valence-corrected chi connectivity index (χ3v) is 6.66. The predicted octanol–water partition coefficient (Wildman–Crippen LogP) is 1.95. The fourth-order valence-corrected chi connectivity index (χ4v) is 5.02. The van der Waals surface area contributed by atoms with E-state index >= 15 is 0 Å². The molecule has 1 amide bonds. The van der Waals surface area contributed by atoms with Crippen LogP contribution < -0.4 is 4.90 Å². The molecule has 1 N–H and O–H groups in total. The van der Waals surface area contributed by atoms with Gasteiger partial charge in [0.05, 0.1) is 18.2 Å². The van der Waals surface area contributed by atoms with Gasteiger partial charge in [0.2, 0.25) is 0 Å². The molecule has 3 atom stereocenters. The lowest BCUT2D eigenvalue weighted by Gasteiger charge is -2.41. The van der Waals surface area contributed by atoms with Gasteiger partial charge in [-0.05, 0) is 37.1 Å². The molecule has 1 aromatic carbocycles. The first kappa shape index (κ1) is 19.2. The van der Waals surface area contributed by atoms with E-state index in [1.54, 1.807) is 17.2 Å². The molecule has 0 bridgehead atoms. The molecule has 7 nitrogen and oxygen atoms in total. The number of anilines is 1. The van der Waals surface area contributed by atoms with Gasteiger partial charge in [-0.1, -0.05) is 11.8 Å². The van der Waals surface area contributed by atoms with E-state index in [1.165, 1.54) is 16.8 Å². The predicted molar refractivity (Wildman–Crippen MR) is 111 cm³/mol. The number of carbonyl (C=O) groups excluding carboxylic acids is 1. The number of nitrogens with zero attached hydrogens (tertiary/aromatic N) is 5. The van der Waals surface area contributed by atoms with Gasteiger partial charge in [-0.15, -0.1) is 0 Å². The molecule has 32 heavy (non-hydrogen) atoms. The van der Waals surface area contributed by atoms with Crippen molar-refractivity contribution < 1.29 is 18.7 Å². The number of hydrogen-bond donors (Lipinski definition) is 1. The Bertz CT molecular complexity index is 1330. The highest BCUT2D eigenvalue weighted by Gasteiger charge is 2.54. The van der Waals surface area contributed by atoms with E-state index in [1.807, 2.05) is 4.90 Å². The van der Waals surface area contributed by atoms with E-state index in [0.717, 1.165) is 12.1 Å². The van der Waals surface area contributed by atoms with E-state index in [0.29, 0.717) is 43.0 Å². The quantitative estimate of drug-likeness (QED) is 0.637. The standard InChI is InChI=1S/C23H19F2N5O2/c24-15-1-2-19(25)18(11-15)23-7-3-14(23)4-9-29(23)20-6-10-30-21(27-20)17(12-26-30)22(32)28-8-5-16(31)13-28/h1-2,6,10-12,14,16,31H,4-5,8-9,13H2/t14-,16+,23-/m1/s1. The van der Waals surface area contributed by atoms with Crippen LogP contribution in [-0.2, 0) is 5.54 Å². The van der Waals surface area contributed by atoms with Crippen molar-refractivity contribution in [1.82, 2.24) is 19.5 Å². The maximum atomic E-state index is 14.8. The highest BCUT2D eigenvalue weighted by Crippen LogP contribution is 2.49. The third kappa shape index (κ3) is 2.59. The lowest BCUT2D eigenvalue weighted by atomic mass is 9.73. The van der Waals surface area contributed by atoms with Crippen molar-refractivity contribution in [2.45, 2.75) is 24.5 Å². The first-order valence-electron chi connectivity index (χ1n) is 10.5. The number of aromatic nitrogens is 3. The summed E-state index contributed by atoms with van der Waals surface area (Å²) in [5.41, 5.74) is -0.0704. The number of halogens is 2. The zero-order chi connectivity index (χ0) is 22.0. The van der Waals surface area contributed by atoms with Crippen LogP contribution in [-0.4, -0.2) is 56.2 Å². The Hall–Kier alpha value is -3.51. The fourth-order valence-electron chi connectivity index (χ4n) is 5.02. The molecule has 2 aromatic heterocycles. The summed E-state index contributed by atoms with van der Waals surface area (Å²) < 4.78 is 30.3. The second-order valence-electron chi connectivity index (χ2n) is 8.46. The molecule has 2 fully saturated rings. The Kier molecular flexibility index (Phi) is 4.04. The van der Waals surface area contributed by atoms with E-state index in [2.05, 4.69) is 16.9 Å². The van der Waals surface area contributed by atoms with E-state index in [-0.39, 0.29) is 23.9 Å². The summed E-state index contributed by atoms with van der Waals surface area (Å²) in [5.74, 6) is 5.30. The van der Waals surface area contributed by atoms with Gasteiger partial charge in [-0.3, -0.25) is 4.79 Å². The fraction of sp³-hybridized carbons (Fsp3) is 0.348. The van der Waals surface area contributed by atoms with Crippen LogP contribution in [0.2, 0.25) is 0 Å². The average molecular weight is 435 g/mol. The molecule has 1 aliphatic carbocycles. The van der Waals surface area contributed by atoms with Gasteiger partial charge in [0, 0.05) is 31.4 Å². The van der Waals surface area contributed by atoms with Gasteiger partial charge < -0.3 is 14.9 Å².